The zero-order valence-electron chi connectivity index (χ0n) is 19.0. The molecule has 0 fully saturated rings. The van der Waals surface area contributed by atoms with Gasteiger partial charge in [-0.05, 0) is 43.3 Å². The van der Waals surface area contributed by atoms with Crippen molar-refractivity contribution in [2.75, 3.05) is 15.4 Å². The third-order valence-corrected chi connectivity index (χ3v) is 6.39. The Morgan fingerprint density at radius 2 is 1.35 bits per heavy atom. The van der Waals surface area contributed by atoms with Crippen LogP contribution in [0.4, 0.5) is 40.2 Å². The molecular weight excluding hydrogens is 504 g/mol. The van der Waals surface area contributed by atoms with E-state index in [1.54, 1.807) is 36.5 Å². The highest BCUT2D eigenvalue weighted by Gasteiger charge is 2.28. The summed E-state index contributed by atoms with van der Waals surface area (Å²) >= 11 is 0. The minimum Gasteiger partial charge on any atom is -0.340 e. The number of anilines is 5. The van der Waals surface area contributed by atoms with Crippen LogP contribution in [0.5, 0.6) is 0 Å². The summed E-state index contributed by atoms with van der Waals surface area (Å²) in [5.74, 6) is 1.57. The van der Waals surface area contributed by atoms with Crippen LogP contribution in [0.1, 0.15) is 5.56 Å². The fourth-order valence-corrected chi connectivity index (χ4v) is 4.34. The number of rotatable bonds is 9. The van der Waals surface area contributed by atoms with Crippen molar-refractivity contribution in [3.63, 3.8) is 0 Å². The van der Waals surface area contributed by atoms with Crippen LogP contribution in [0.15, 0.2) is 78.1 Å². The number of aromatic nitrogens is 3. The highest BCUT2D eigenvalue weighted by molar-refractivity contribution is 7.92. The second-order valence-corrected chi connectivity index (χ2v) is 9.22. The molecule has 0 bridgehead atoms. The van der Waals surface area contributed by atoms with Gasteiger partial charge in [-0.3, -0.25) is 25.0 Å². The van der Waals surface area contributed by atoms with Gasteiger partial charge in [0.1, 0.15) is 34.2 Å². The SMILES string of the molecule is Cc1c([N+](=O)[O-])cc(S(=O)(=O)Nc2ccc(Nc3cc(Nc4ccccn4)ncn3)cc2)cc1[N+](=O)[O-]. The predicted octanol–water partition coefficient (Wildman–Crippen LogP) is 4.28. The van der Waals surface area contributed by atoms with Crippen LogP contribution in [0.2, 0.25) is 0 Å². The first-order chi connectivity index (χ1) is 17.6. The summed E-state index contributed by atoms with van der Waals surface area (Å²) in [4.78, 5) is 32.7. The first-order valence-corrected chi connectivity index (χ1v) is 11.9. The molecule has 0 saturated carbocycles. The van der Waals surface area contributed by atoms with Gasteiger partial charge in [-0.2, -0.15) is 0 Å². The predicted molar refractivity (Wildman–Crippen MR) is 135 cm³/mol. The Labute approximate surface area is 209 Å². The molecule has 37 heavy (non-hydrogen) atoms. The number of nitrogens with zero attached hydrogens (tertiary/aromatic N) is 5. The van der Waals surface area contributed by atoms with E-state index in [-0.39, 0.29) is 11.3 Å². The van der Waals surface area contributed by atoms with Crippen LogP contribution < -0.4 is 15.4 Å². The lowest BCUT2D eigenvalue weighted by atomic mass is 10.1. The van der Waals surface area contributed by atoms with Crippen LogP contribution in [0.25, 0.3) is 0 Å². The molecule has 0 aliphatic rings. The number of sulfonamides is 1. The minimum absolute atomic E-state index is 0.136. The average molecular weight is 523 g/mol. The molecule has 0 amide bonds. The van der Waals surface area contributed by atoms with Crippen molar-refractivity contribution >= 4 is 50.2 Å². The Kier molecular flexibility index (Phi) is 6.88. The van der Waals surface area contributed by atoms with Crippen molar-refractivity contribution < 1.29 is 18.3 Å². The molecule has 4 rings (SSSR count). The molecule has 3 N–H and O–H groups in total. The van der Waals surface area contributed by atoms with Crippen LogP contribution in [-0.4, -0.2) is 33.2 Å². The maximum absolute atomic E-state index is 12.8. The van der Waals surface area contributed by atoms with E-state index in [2.05, 4.69) is 30.3 Å². The molecule has 2 heterocycles. The molecule has 14 nitrogen and oxygen atoms in total. The van der Waals surface area contributed by atoms with Crippen LogP contribution in [0, 0.1) is 27.2 Å². The molecule has 0 aliphatic heterocycles. The van der Waals surface area contributed by atoms with Gasteiger partial charge in [0.2, 0.25) is 0 Å². The van der Waals surface area contributed by atoms with E-state index in [1.165, 1.54) is 25.4 Å². The number of nitrogens with one attached hydrogen (secondary N) is 3. The highest BCUT2D eigenvalue weighted by Crippen LogP contribution is 2.32. The summed E-state index contributed by atoms with van der Waals surface area (Å²) in [5, 5.41) is 28.7. The van der Waals surface area contributed by atoms with Gasteiger partial charge in [-0.1, -0.05) is 6.07 Å². The van der Waals surface area contributed by atoms with Crippen LogP contribution >= 0.6 is 0 Å². The highest BCUT2D eigenvalue weighted by atomic mass is 32.2. The number of nitro groups is 2. The summed E-state index contributed by atoms with van der Waals surface area (Å²) < 4.78 is 27.9. The normalized spacial score (nSPS) is 10.9. The minimum atomic E-state index is -4.36. The third-order valence-electron chi connectivity index (χ3n) is 5.03. The van der Waals surface area contributed by atoms with E-state index in [1.807, 2.05) is 6.07 Å². The number of benzene rings is 2. The topological polar surface area (TPSA) is 195 Å². The van der Waals surface area contributed by atoms with Gasteiger partial charge < -0.3 is 10.6 Å². The van der Waals surface area contributed by atoms with Gasteiger partial charge in [0, 0.05) is 35.8 Å². The molecule has 4 aromatic rings. The lowest BCUT2D eigenvalue weighted by Gasteiger charge is -2.11. The van der Waals surface area contributed by atoms with Gasteiger partial charge in [-0.15, -0.1) is 0 Å². The zero-order valence-corrected chi connectivity index (χ0v) is 19.8. The van der Waals surface area contributed by atoms with E-state index in [4.69, 9.17) is 0 Å². The molecule has 2 aromatic heterocycles. The molecule has 0 unspecified atom stereocenters. The largest absolute Gasteiger partial charge is 0.340 e. The van der Waals surface area contributed by atoms with Crippen molar-refractivity contribution in [3.05, 3.63) is 99.0 Å². The lowest BCUT2D eigenvalue weighted by Crippen LogP contribution is -2.14. The monoisotopic (exact) mass is 522 g/mol. The van der Waals surface area contributed by atoms with E-state index in [0.717, 1.165) is 12.1 Å². The maximum atomic E-state index is 12.8. The molecule has 188 valence electrons. The van der Waals surface area contributed by atoms with Crippen molar-refractivity contribution in [1.82, 2.24) is 15.0 Å². The van der Waals surface area contributed by atoms with Crippen molar-refractivity contribution in [1.29, 1.82) is 0 Å². The average Bonchev–Trinajstić information content (AvgIpc) is 2.85. The van der Waals surface area contributed by atoms with Gasteiger partial charge in [0.25, 0.3) is 21.4 Å². The Balaban J connectivity index is 1.50. The number of hydrogen-bond acceptors (Lipinski definition) is 11. The van der Waals surface area contributed by atoms with E-state index in [0.29, 0.717) is 23.1 Å². The second kappa shape index (κ2) is 10.2. The Bertz CT molecular complexity index is 1550. The molecule has 0 saturated heterocycles. The summed E-state index contributed by atoms with van der Waals surface area (Å²) in [5.41, 5.74) is -0.872. The molecule has 2 aromatic carbocycles. The van der Waals surface area contributed by atoms with E-state index >= 15 is 0 Å². The van der Waals surface area contributed by atoms with E-state index in [9.17, 15) is 28.6 Å². The second-order valence-electron chi connectivity index (χ2n) is 7.54. The zero-order chi connectivity index (χ0) is 26.6. The summed E-state index contributed by atoms with van der Waals surface area (Å²) in [6.07, 6.45) is 3.00. The van der Waals surface area contributed by atoms with Crippen LogP contribution in [0.3, 0.4) is 0 Å². The molecule has 0 radical (unpaired) electrons. The molecule has 0 spiro atoms. The van der Waals surface area contributed by atoms with Crippen LogP contribution in [-0.2, 0) is 10.0 Å². The lowest BCUT2D eigenvalue weighted by molar-refractivity contribution is -0.395. The maximum Gasteiger partial charge on any atom is 0.280 e. The number of hydrogen-bond donors (Lipinski definition) is 3. The third kappa shape index (κ3) is 5.91. The summed E-state index contributed by atoms with van der Waals surface area (Å²) in [6, 6.07) is 14.7. The van der Waals surface area contributed by atoms with Gasteiger partial charge in [-0.25, -0.2) is 23.4 Å². The fraction of sp³-hybridized carbons (Fsp3) is 0.0455. The smallest absolute Gasteiger partial charge is 0.280 e. The molecule has 0 atom stereocenters. The standard InChI is InChI=1S/C22H18N8O6S/c1-14-18(29(31)32)10-17(11-19(14)30(33)34)37(35,36)28-16-7-5-15(6-8-16)26-21-12-22(25-13-24-21)27-20-4-2-3-9-23-20/h2-13,28H,1H3,(H2,23,24,25,26,27). The van der Waals surface area contributed by atoms with Gasteiger partial charge in [0.05, 0.1) is 9.85 Å². The molecular formula is C22H18N8O6S. The van der Waals surface area contributed by atoms with Crippen molar-refractivity contribution in [2.45, 2.75) is 11.8 Å². The van der Waals surface area contributed by atoms with Gasteiger partial charge in [0.15, 0.2) is 0 Å². The fourth-order valence-electron chi connectivity index (χ4n) is 3.24. The Hall–Kier alpha value is -5.18. The van der Waals surface area contributed by atoms with Crippen molar-refractivity contribution in [3.8, 4) is 0 Å². The first kappa shape index (κ1) is 24.9. The van der Waals surface area contributed by atoms with Gasteiger partial charge >= 0.3 is 0 Å². The quantitative estimate of drug-likeness (QED) is 0.209. The number of nitro benzene ring substituents is 2. The summed E-state index contributed by atoms with van der Waals surface area (Å²) in [6.45, 7) is 1.18. The van der Waals surface area contributed by atoms with Crippen molar-refractivity contribution in [2.24, 2.45) is 0 Å². The Morgan fingerprint density at radius 1 is 0.757 bits per heavy atom. The van der Waals surface area contributed by atoms with E-state index < -0.39 is 36.1 Å². The molecule has 0 aliphatic carbocycles. The molecule has 15 heteroatoms. The first-order valence-electron chi connectivity index (χ1n) is 10.5. The Morgan fingerprint density at radius 3 is 1.92 bits per heavy atom. The summed E-state index contributed by atoms with van der Waals surface area (Å²) in [7, 11) is -4.36. The number of pyridine rings is 1.